The number of nitrogens with one attached hydrogen (secondary N) is 1. The van der Waals surface area contributed by atoms with Crippen LogP contribution in [0.2, 0.25) is 0 Å². The summed E-state index contributed by atoms with van der Waals surface area (Å²) >= 11 is 0. The van der Waals surface area contributed by atoms with Crippen LogP contribution < -0.4 is 4.74 Å². The van der Waals surface area contributed by atoms with Gasteiger partial charge in [0, 0.05) is 30.8 Å². The van der Waals surface area contributed by atoms with Gasteiger partial charge in [0.1, 0.15) is 5.75 Å². The Labute approximate surface area is 119 Å². The molecule has 4 heteroatoms. The van der Waals surface area contributed by atoms with E-state index in [9.17, 15) is 0 Å². The van der Waals surface area contributed by atoms with Gasteiger partial charge in [0.15, 0.2) is 0 Å². The lowest BCUT2D eigenvalue weighted by atomic mass is 10.0. The van der Waals surface area contributed by atoms with E-state index in [0.717, 1.165) is 38.1 Å². The molecule has 0 saturated heterocycles. The Balaban J connectivity index is 1.67. The monoisotopic (exact) mass is 271 g/mol. The average molecular weight is 271 g/mol. The highest BCUT2D eigenvalue weighted by atomic mass is 16.5. The Morgan fingerprint density at radius 1 is 1.25 bits per heavy atom. The van der Waals surface area contributed by atoms with Gasteiger partial charge in [0.25, 0.3) is 0 Å². The minimum atomic E-state index is 0.910. The molecule has 0 saturated carbocycles. The second-order valence-electron chi connectivity index (χ2n) is 5.46. The summed E-state index contributed by atoms with van der Waals surface area (Å²) in [6.07, 6.45) is 3.10. The number of hydrogen-bond acceptors (Lipinski definition) is 3. The Morgan fingerprint density at radius 2 is 2.05 bits per heavy atom. The van der Waals surface area contributed by atoms with Crippen LogP contribution in [0.4, 0.5) is 0 Å². The summed E-state index contributed by atoms with van der Waals surface area (Å²) in [7, 11) is 3.87. The van der Waals surface area contributed by atoms with Crippen molar-refractivity contribution in [3.63, 3.8) is 0 Å². The van der Waals surface area contributed by atoms with Crippen molar-refractivity contribution in [2.24, 2.45) is 0 Å². The first-order valence-electron chi connectivity index (χ1n) is 7.12. The number of H-pyrrole nitrogens is 1. The lowest BCUT2D eigenvalue weighted by Crippen LogP contribution is -2.26. The summed E-state index contributed by atoms with van der Waals surface area (Å²) in [4.78, 5) is 2.36. The van der Waals surface area contributed by atoms with Gasteiger partial charge in [-0.3, -0.25) is 5.10 Å². The Kier molecular flexibility index (Phi) is 3.74. The molecule has 20 heavy (non-hydrogen) atoms. The zero-order chi connectivity index (χ0) is 13.9. The van der Waals surface area contributed by atoms with Gasteiger partial charge in [-0.25, -0.2) is 0 Å². The highest BCUT2D eigenvalue weighted by Gasteiger charge is 2.19. The maximum absolute atomic E-state index is 5.18. The second kappa shape index (κ2) is 5.67. The molecule has 0 bridgehead atoms. The lowest BCUT2D eigenvalue weighted by Gasteiger charge is -2.22. The van der Waals surface area contributed by atoms with Gasteiger partial charge in [-0.15, -0.1) is 0 Å². The number of hydrogen-bond donors (Lipinski definition) is 1. The number of benzene rings is 1. The van der Waals surface area contributed by atoms with E-state index in [1.54, 1.807) is 7.11 Å². The fraction of sp³-hybridized carbons (Fsp3) is 0.438. The molecule has 0 amide bonds. The van der Waals surface area contributed by atoms with Crippen LogP contribution in [0.3, 0.4) is 0 Å². The van der Waals surface area contributed by atoms with Crippen LogP contribution in [0.5, 0.6) is 5.75 Å². The Morgan fingerprint density at radius 3 is 2.80 bits per heavy atom. The molecular weight excluding hydrogens is 250 g/mol. The van der Waals surface area contributed by atoms with Crippen LogP contribution in [0.25, 0.3) is 0 Å². The van der Waals surface area contributed by atoms with Gasteiger partial charge in [0.2, 0.25) is 0 Å². The van der Waals surface area contributed by atoms with Crippen molar-refractivity contribution in [3.8, 4) is 5.75 Å². The molecule has 1 aliphatic rings. The topological polar surface area (TPSA) is 41.1 Å². The third kappa shape index (κ3) is 2.70. The molecule has 1 N–H and O–H groups in total. The van der Waals surface area contributed by atoms with Gasteiger partial charge in [0.05, 0.1) is 12.8 Å². The number of methoxy groups -OCH3 is 1. The van der Waals surface area contributed by atoms with E-state index in [-0.39, 0.29) is 0 Å². The SMILES string of the molecule is COc1ccc(CCc2n[nH]c3c2CN(C)CC3)cc1. The molecule has 0 fully saturated rings. The maximum Gasteiger partial charge on any atom is 0.118 e. The van der Waals surface area contributed by atoms with Gasteiger partial charge in [-0.05, 0) is 37.6 Å². The summed E-state index contributed by atoms with van der Waals surface area (Å²) in [6, 6.07) is 8.29. The van der Waals surface area contributed by atoms with Crippen LogP contribution in [0.15, 0.2) is 24.3 Å². The van der Waals surface area contributed by atoms with Gasteiger partial charge in [-0.2, -0.15) is 5.10 Å². The zero-order valence-corrected chi connectivity index (χ0v) is 12.1. The zero-order valence-electron chi connectivity index (χ0n) is 12.1. The number of aromatic nitrogens is 2. The molecular formula is C16H21N3O. The predicted molar refractivity (Wildman–Crippen MR) is 79.0 cm³/mol. The summed E-state index contributed by atoms with van der Waals surface area (Å²) in [6.45, 7) is 2.14. The van der Waals surface area contributed by atoms with Crippen molar-refractivity contribution in [1.29, 1.82) is 0 Å². The number of aryl methyl sites for hydroxylation is 2. The summed E-state index contributed by atoms with van der Waals surface area (Å²) in [5.74, 6) is 0.910. The standard InChI is InChI=1S/C16H21N3O/c1-19-10-9-16-14(11-19)15(17-18-16)8-5-12-3-6-13(20-2)7-4-12/h3-4,6-7H,5,8-11H2,1-2H3,(H,17,18). The molecule has 106 valence electrons. The van der Waals surface area contributed by atoms with Crippen LogP contribution in [0.1, 0.15) is 22.5 Å². The third-order valence-electron chi connectivity index (χ3n) is 4.02. The molecule has 0 unspecified atom stereocenters. The summed E-state index contributed by atoms with van der Waals surface area (Å²) in [5.41, 5.74) is 5.29. The van der Waals surface area contributed by atoms with Crippen molar-refractivity contribution >= 4 is 0 Å². The maximum atomic E-state index is 5.18. The summed E-state index contributed by atoms with van der Waals surface area (Å²) < 4.78 is 5.18. The molecule has 3 rings (SSSR count). The van der Waals surface area contributed by atoms with Crippen molar-refractivity contribution in [2.45, 2.75) is 25.8 Å². The molecule has 2 heterocycles. The normalized spacial score (nSPS) is 15.1. The van der Waals surface area contributed by atoms with Gasteiger partial charge < -0.3 is 9.64 Å². The quantitative estimate of drug-likeness (QED) is 0.926. The minimum absolute atomic E-state index is 0.910. The molecule has 4 nitrogen and oxygen atoms in total. The number of nitrogens with zero attached hydrogens (tertiary/aromatic N) is 2. The summed E-state index contributed by atoms with van der Waals surface area (Å²) in [5, 5.41) is 7.71. The van der Waals surface area contributed by atoms with Crippen molar-refractivity contribution in [1.82, 2.24) is 15.1 Å². The largest absolute Gasteiger partial charge is 0.497 e. The van der Waals surface area contributed by atoms with Gasteiger partial charge in [-0.1, -0.05) is 12.1 Å². The first kappa shape index (κ1) is 13.2. The number of aromatic amines is 1. The molecule has 0 radical (unpaired) electrons. The molecule has 1 aliphatic heterocycles. The van der Waals surface area contributed by atoms with Crippen molar-refractivity contribution < 1.29 is 4.74 Å². The van der Waals surface area contributed by atoms with E-state index in [1.165, 1.54) is 22.5 Å². The molecule has 1 aromatic carbocycles. The fourth-order valence-electron chi connectivity index (χ4n) is 2.75. The molecule has 2 aromatic rings. The first-order valence-corrected chi connectivity index (χ1v) is 7.12. The van der Waals surface area contributed by atoms with Crippen LogP contribution in [0, 0.1) is 0 Å². The first-order chi connectivity index (χ1) is 9.76. The fourth-order valence-corrected chi connectivity index (χ4v) is 2.75. The highest BCUT2D eigenvalue weighted by molar-refractivity contribution is 5.30. The molecule has 1 aromatic heterocycles. The minimum Gasteiger partial charge on any atom is -0.497 e. The number of ether oxygens (including phenoxy) is 1. The molecule has 0 atom stereocenters. The van der Waals surface area contributed by atoms with Gasteiger partial charge >= 0.3 is 0 Å². The van der Waals surface area contributed by atoms with E-state index in [2.05, 4.69) is 34.3 Å². The van der Waals surface area contributed by atoms with Crippen molar-refractivity contribution in [3.05, 3.63) is 46.8 Å². The number of rotatable bonds is 4. The van der Waals surface area contributed by atoms with E-state index in [1.807, 2.05) is 12.1 Å². The Hall–Kier alpha value is -1.81. The van der Waals surface area contributed by atoms with E-state index in [4.69, 9.17) is 4.74 Å². The number of fused-ring (bicyclic) bond motifs is 1. The smallest absolute Gasteiger partial charge is 0.118 e. The Bertz CT molecular complexity index is 574. The molecule has 0 aliphatic carbocycles. The third-order valence-corrected chi connectivity index (χ3v) is 4.02. The van der Waals surface area contributed by atoms with Crippen LogP contribution in [-0.4, -0.2) is 35.8 Å². The lowest BCUT2D eigenvalue weighted by molar-refractivity contribution is 0.310. The van der Waals surface area contributed by atoms with Crippen molar-refractivity contribution in [2.75, 3.05) is 20.7 Å². The second-order valence-corrected chi connectivity index (χ2v) is 5.46. The number of likely N-dealkylation sites (N-methyl/N-ethyl adjacent to an activating group) is 1. The van der Waals surface area contributed by atoms with Crippen LogP contribution >= 0.6 is 0 Å². The highest BCUT2D eigenvalue weighted by Crippen LogP contribution is 2.21. The predicted octanol–water partition coefficient (Wildman–Crippen LogP) is 2.19. The molecule has 0 spiro atoms. The van der Waals surface area contributed by atoms with E-state index < -0.39 is 0 Å². The van der Waals surface area contributed by atoms with E-state index >= 15 is 0 Å². The van der Waals surface area contributed by atoms with Crippen LogP contribution in [-0.2, 0) is 25.8 Å². The average Bonchev–Trinajstić information content (AvgIpc) is 2.88. The van der Waals surface area contributed by atoms with E-state index in [0.29, 0.717) is 0 Å².